The highest BCUT2D eigenvalue weighted by Crippen LogP contribution is 2.48. The van der Waals surface area contributed by atoms with Crippen LogP contribution in [-0.4, -0.2) is 37.0 Å². The Kier molecular flexibility index (Phi) is 5.24. The Balaban J connectivity index is 1.58. The lowest BCUT2D eigenvalue weighted by atomic mass is 9.92. The van der Waals surface area contributed by atoms with Gasteiger partial charge in [0.2, 0.25) is 5.43 Å². The van der Waals surface area contributed by atoms with Gasteiger partial charge in [0, 0.05) is 58.9 Å². The summed E-state index contributed by atoms with van der Waals surface area (Å²) in [5.74, 6) is -2.91. The number of amides is 1. The largest absolute Gasteiger partial charge is 0.502 e. The summed E-state index contributed by atoms with van der Waals surface area (Å²) >= 11 is 1.38. The highest BCUT2D eigenvalue weighted by atomic mass is 32.2. The van der Waals surface area contributed by atoms with Crippen molar-refractivity contribution in [2.24, 2.45) is 7.05 Å². The number of aromatic nitrogens is 3. The van der Waals surface area contributed by atoms with Gasteiger partial charge in [0.1, 0.15) is 25.1 Å². The van der Waals surface area contributed by atoms with E-state index in [9.17, 15) is 19.1 Å². The molecule has 12 heteroatoms. The number of benzene rings is 2. The van der Waals surface area contributed by atoms with E-state index in [2.05, 4.69) is 5.10 Å². The van der Waals surface area contributed by atoms with Crippen molar-refractivity contribution in [3.63, 3.8) is 0 Å². The lowest BCUT2D eigenvalue weighted by Gasteiger charge is -2.44. The molecule has 3 aliphatic rings. The first-order valence-corrected chi connectivity index (χ1v) is 13.2. The number of aromatic hydroxyl groups is 1. The van der Waals surface area contributed by atoms with Crippen molar-refractivity contribution < 1.29 is 23.4 Å². The van der Waals surface area contributed by atoms with Gasteiger partial charge in [-0.05, 0) is 11.6 Å². The lowest BCUT2D eigenvalue weighted by Crippen LogP contribution is -2.55. The number of aryl methyl sites for hydroxylation is 1. The molecule has 198 valence electrons. The monoisotopic (exact) mass is 549 g/mol. The van der Waals surface area contributed by atoms with Crippen LogP contribution in [0.15, 0.2) is 58.5 Å². The zero-order valence-corrected chi connectivity index (χ0v) is 21.4. The Morgan fingerprint density at radius 3 is 2.85 bits per heavy atom. The molecule has 1 N–H and O–H groups in total. The first-order chi connectivity index (χ1) is 18.8. The van der Waals surface area contributed by atoms with Gasteiger partial charge in [-0.3, -0.25) is 24.0 Å². The molecule has 2 aromatic carbocycles. The number of ether oxygens (including phenoxy) is 1. The standard InChI is InChI=1S/C27H21F2N5O4S/c1-31-9-14-11-38-20-8-17(28)23(29)16-12-39-21-5-3-2-4-15(21)24(22(16)20)34-13-32(10-18(14)30-31)27(37)25-26(36)19(35)6-7-33(25)34/h2-9,24,36H,10-13H2,1H3. The number of fused-ring (bicyclic) bond motifs is 8. The van der Waals surface area contributed by atoms with E-state index in [-0.39, 0.29) is 42.6 Å². The molecule has 0 spiro atoms. The summed E-state index contributed by atoms with van der Waals surface area (Å²) in [5, 5.41) is 17.1. The van der Waals surface area contributed by atoms with Crippen LogP contribution >= 0.6 is 11.8 Å². The predicted molar refractivity (Wildman–Crippen MR) is 137 cm³/mol. The number of carbonyl (C=O) groups excluding carboxylic acids is 1. The van der Waals surface area contributed by atoms with Gasteiger partial charge in [0.25, 0.3) is 5.91 Å². The summed E-state index contributed by atoms with van der Waals surface area (Å²) in [6, 6.07) is 8.99. The molecule has 0 aliphatic carbocycles. The smallest absolute Gasteiger partial charge is 0.278 e. The number of halogens is 2. The van der Waals surface area contributed by atoms with Gasteiger partial charge in [-0.1, -0.05) is 18.2 Å². The van der Waals surface area contributed by atoms with Gasteiger partial charge in [0.15, 0.2) is 23.1 Å². The Bertz CT molecular complexity index is 1750. The van der Waals surface area contributed by atoms with Crippen LogP contribution in [0.3, 0.4) is 0 Å². The zero-order valence-electron chi connectivity index (χ0n) is 20.6. The average Bonchev–Trinajstić information content (AvgIpc) is 3.16. The Morgan fingerprint density at radius 2 is 2.00 bits per heavy atom. The van der Waals surface area contributed by atoms with Crippen LogP contribution in [-0.2, 0) is 26.0 Å². The third-order valence-corrected chi connectivity index (χ3v) is 8.45. The zero-order chi connectivity index (χ0) is 27.0. The molecule has 1 unspecified atom stereocenters. The lowest BCUT2D eigenvalue weighted by molar-refractivity contribution is 0.0662. The number of thioether (sulfide) groups is 1. The normalized spacial score (nSPS) is 17.7. The summed E-state index contributed by atoms with van der Waals surface area (Å²) in [6.07, 6.45) is 3.16. The molecule has 2 bridgehead atoms. The van der Waals surface area contributed by atoms with E-state index in [1.807, 2.05) is 24.3 Å². The SMILES string of the molecule is Cn1cc2c(n1)CN1CN(C3c4ccccc4SCc4c(F)c(F)cc(c43)OC2)n2ccc(=O)c(O)c2C1=O. The maximum Gasteiger partial charge on any atom is 0.278 e. The van der Waals surface area contributed by atoms with Crippen LogP contribution < -0.4 is 15.2 Å². The fraction of sp³-hybridized carbons (Fsp3) is 0.222. The summed E-state index contributed by atoms with van der Waals surface area (Å²) < 4.78 is 39.7. The summed E-state index contributed by atoms with van der Waals surface area (Å²) in [5.41, 5.74) is 1.64. The van der Waals surface area contributed by atoms with E-state index in [1.165, 1.54) is 33.6 Å². The maximum absolute atomic E-state index is 15.5. The number of hydrogen-bond donors (Lipinski definition) is 1. The van der Waals surface area contributed by atoms with E-state index in [1.54, 1.807) is 22.9 Å². The van der Waals surface area contributed by atoms with Crippen molar-refractivity contribution in [3.8, 4) is 11.5 Å². The van der Waals surface area contributed by atoms with Crippen molar-refractivity contribution in [3.05, 3.63) is 104 Å². The molecule has 39 heavy (non-hydrogen) atoms. The van der Waals surface area contributed by atoms with Gasteiger partial charge < -0.3 is 14.7 Å². The molecule has 3 aliphatic heterocycles. The first-order valence-electron chi connectivity index (χ1n) is 12.2. The fourth-order valence-corrected chi connectivity index (χ4v) is 6.67. The molecular formula is C27H21F2N5O4S. The van der Waals surface area contributed by atoms with Gasteiger partial charge in [-0.2, -0.15) is 5.10 Å². The van der Waals surface area contributed by atoms with E-state index in [4.69, 9.17) is 4.74 Å². The molecule has 1 amide bonds. The minimum Gasteiger partial charge on any atom is -0.502 e. The van der Waals surface area contributed by atoms with Gasteiger partial charge in [0.05, 0.1) is 12.2 Å². The second kappa shape index (κ2) is 8.60. The van der Waals surface area contributed by atoms with E-state index < -0.39 is 34.8 Å². The third kappa shape index (κ3) is 3.54. The molecular weight excluding hydrogens is 528 g/mol. The van der Waals surface area contributed by atoms with Crippen molar-refractivity contribution in [1.29, 1.82) is 0 Å². The second-order valence-corrected chi connectivity index (χ2v) is 10.7. The van der Waals surface area contributed by atoms with Crippen molar-refractivity contribution in [2.75, 3.05) is 11.7 Å². The molecule has 4 aromatic rings. The Hall–Kier alpha value is -4.32. The minimum absolute atomic E-state index is 0.00566. The van der Waals surface area contributed by atoms with Gasteiger partial charge in [-0.25, -0.2) is 8.78 Å². The van der Waals surface area contributed by atoms with E-state index in [0.717, 1.165) is 16.5 Å². The molecule has 0 saturated heterocycles. The fourth-order valence-electron chi connectivity index (χ4n) is 5.57. The predicted octanol–water partition coefficient (Wildman–Crippen LogP) is 3.40. The van der Waals surface area contributed by atoms with Crippen molar-refractivity contribution in [1.82, 2.24) is 19.4 Å². The number of hydrogen-bond acceptors (Lipinski definition) is 7. The minimum atomic E-state index is -1.02. The summed E-state index contributed by atoms with van der Waals surface area (Å²) in [6.45, 7) is 0.0818. The number of rotatable bonds is 0. The molecule has 7 rings (SSSR count). The van der Waals surface area contributed by atoms with Crippen LogP contribution in [0.25, 0.3) is 0 Å². The molecule has 5 heterocycles. The number of carbonyl (C=O) groups is 1. The molecule has 2 aromatic heterocycles. The van der Waals surface area contributed by atoms with Crippen molar-refractivity contribution in [2.45, 2.75) is 29.8 Å². The van der Waals surface area contributed by atoms with E-state index in [0.29, 0.717) is 16.8 Å². The van der Waals surface area contributed by atoms with E-state index >= 15 is 4.39 Å². The molecule has 1 atom stereocenters. The third-order valence-electron chi connectivity index (χ3n) is 7.33. The van der Waals surface area contributed by atoms with Crippen LogP contribution in [0.1, 0.15) is 44.5 Å². The van der Waals surface area contributed by atoms with Crippen LogP contribution in [0.5, 0.6) is 11.5 Å². The summed E-state index contributed by atoms with van der Waals surface area (Å²) in [7, 11) is 1.73. The number of nitrogens with zero attached hydrogens (tertiary/aromatic N) is 5. The summed E-state index contributed by atoms with van der Waals surface area (Å²) in [4.78, 5) is 28.5. The van der Waals surface area contributed by atoms with Crippen LogP contribution in [0.2, 0.25) is 0 Å². The quantitative estimate of drug-likeness (QED) is 0.360. The molecule has 9 nitrogen and oxygen atoms in total. The van der Waals surface area contributed by atoms with Crippen LogP contribution in [0.4, 0.5) is 8.78 Å². The van der Waals surface area contributed by atoms with Gasteiger partial charge >= 0.3 is 0 Å². The Labute approximate surface area is 224 Å². The first kappa shape index (κ1) is 23.8. The van der Waals surface area contributed by atoms with Gasteiger partial charge in [-0.15, -0.1) is 11.8 Å². The topological polar surface area (TPSA) is 92.8 Å². The molecule has 0 radical (unpaired) electrons. The molecule has 0 fully saturated rings. The van der Waals surface area contributed by atoms with Crippen LogP contribution in [0, 0.1) is 11.6 Å². The molecule has 0 saturated carbocycles. The maximum atomic E-state index is 15.5. The second-order valence-electron chi connectivity index (χ2n) is 9.66. The highest BCUT2D eigenvalue weighted by Gasteiger charge is 2.41. The average molecular weight is 550 g/mol. The Morgan fingerprint density at radius 1 is 1.18 bits per heavy atom. The number of pyridine rings is 1. The highest BCUT2D eigenvalue weighted by molar-refractivity contribution is 7.98. The van der Waals surface area contributed by atoms with Crippen molar-refractivity contribution >= 4 is 17.7 Å².